The quantitative estimate of drug-likeness (QED) is 0.691. The molecule has 1 N–H and O–H groups in total. The Balaban J connectivity index is 1.99. The van der Waals surface area contributed by atoms with Crippen LogP contribution >= 0.6 is 0 Å². The molecular formula is C16H16FN3O3. The second kappa shape index (κ2) is 5.92. The van der Waals surface area contributed by atoms with Crippen molar-refractivity contribution in [1.82, 2.24) is 4.98 Å². The van der Waals surface area contributed by atoms with Gasteiger partial charge in [0.2, 0.25) is 5.82 Å². The van der Waals surface area contributed by atoms with Gasteiger partial charge >= 0.3 is 5.69 Å². The smallest absolute Gasteiger partial charge is 0.311 e. The Labute approximate surface area is 132 Å². The predicted octanol–water partition coefficient (Wildman–Crippen LogP) is 3.39. The molecule has 1 atom stereocenters. The average molecular weight is 317 g/mol. The maximum atomic E-state index is 13.0. The van der Waals surface area contributed by atoms with Crippen LogP contribution < -0.4 is 5.32 Å². The van der Waals surface area contributed by atoms with Gasteiger partial charge in [-0.25, -0.2) is 9.37 Å². The fraction of sp³-hybridized carbons (Fsp3) is 0.312. The zero-order valence-electron chi connectivity index (χ0n) is 12.6. The third-order valence-corrected chi connectivity index (χ3v) is 3.85. The van der Waals surface area contributed by atoms with Gasteiger partial charge in [0.25, 0.3) is 0 Å². The predicted molar refractivity (Wildman–Crippen MR) is 83.7 cm³/mol. The zero-order valence-corrected chi connectivity index (χ0v) is 12.6. The SMILES string of the molecule is CC1(Nc2nc(-c3ccc(F)cc3)ccc2[N+](=O)[O-])CCOC1. The van der Waals surface area contributed by atoms with Crippen LogP contribution in [0.4, 0.5) is 15.9 Å². The topological polar surface area (TPSA) is 77.3 Å². The van der Waals surface area contributed by atoms with E-state index in [1.165, 1.54) is 18.2 Å². The van der Waals surface area contributed by atoms with Gasteiger partial charge < -0.3 is 10.1 Å². The van der Waals surface area contributed by atoms with Gasteiger partial charge in [-0.1, -0.05) is 0 Å². The highest BCUT2D eigenvalue weighted by Crippen LogP contribution is 2.31. The first-order valence-electron chi connectivity index (χ1n) is 7.24. The van der Waals surface area contributed by atoms with Gasteiger partial charge in [-0.2, -0.15) is 0 Å². The lowest BCUT2D eigenvalue weighted by molar-refractivity contribution is -0.384. The lowest BCUT2D eigenvalue weighted by atomic mass is 10.0. The molecule has 1 aromatic carbocycles. The van der Waals surface area contributed by atoms with E-state index >= 15 is 0 Å². The molecule has 23 heavy (non-hydrogen) atoms. The fourth-order valence-electron chi connectivity index (χ4n) is 2.52. The molecule has 1 unspecified atom stereocenters. The van der Waals surface area contributed by atoms with Crippen LogP contribution in [0.25, 0.3) is 11.3 Å². The van der Waals surface area contributed by atoms with Crippen molar-refractivity contribution >= 4 is 11.5 Å². The van der Waals surface area contributed by atoms with Crippen LogP contribution in [0.15, 0.2) is 36.4 Å². The standard InChI is InChI=1S/C16H16FN3O3/c1-16(8-9-23-10-16)19-15-14(20(21)22)7-6-13(18-15)11-2-4-12(17)5-3-11/h2-7H,8-10H2,1H3,(H,18,19). The number of hydrogen-bond donors (Lipinski definition) is 1. The number of pyridine rings is 1. The number of aromatic nitrogens is 1. The van der Waals surface area contributed by atoms with Gasteiger partial charge in [0.1, 0.15) is 5.82 Å². The largest absolute Gasteiger partial charge is 0.379 e. The molecule has 6 nitrogen and oxygen atoms in total. The van der Waals surface area contributed by atoms with Crippen molar-refractivity contribution in [2.24, 2.45) is 0 Å². The molecule has 120 valence electrons. The molecular weight excluding hydrogens is 301 g/mol. The average Bonchev–Trinajstić information content (AvgIpc) is 2.94. The number of halogens is 1. The summed E-state index contributed by atoms with van der Waals surface area (Å²) in [6.45, 7) is 3.01. The first-order chi connectivity index (χ1) is 11.0. The minimum absolute atomic E-state index is 0.0935. The Kier molecular flexibility index (Phi) is 3.96. The summed E-state index contributed by atoms with van der Waals surface area (Å²) in [6, 6.07) is 8.81. The minimum Gasteiger partial charge on any atom is -0.379 e. The molecule has 1 aromatic heterocycles. The molecule has 0 amide bonds. The molecule has 3 rings (SSSR count). The van der Waals surface area contributed by atoms with Gasteiger partial charge in [0.05, 0.1) is 22.8 Å². The van der Waals surface area contributed by atoms with Gasteiger partial charge in [0, 0.05) is 18.2 Å². The summed E-state index contributed by atoms with van der Waals surface area (Å²) < 4.78 is 18.4. The van der Waals surface area contributed by atoms with Crippen molar-refractivity contribution in [3.63, 3.8) is 0 Å². The Morgan fingerprint density at radius 3 is 2.65 bits per heavy atom. The van der Waals surface area contributed by atoms with Crippen molar-refractivity contribution in [2.45, 2.75) is 18.9 Å². The molecule has 0 spiro atoms. The summed E-state index contributed by atoms with van der Waals surface area (Å²) in [7, 11) is 0. The van der Waals surface area contributed by atoms with Gasteiger partial charge in [-0.3, -0.25) is 10.1 Å². The van der Waals surface area contributed by atoms with E-state index in [-0.39, 0.29) is 22.9 Å². The first kappa shape index (κ1) is 15.4. The fourth-order valence-corrected chi connectivity index (χ4v) is 2.52. The zero-order chi connectivity index (χ0) is 16.4. The summed E-state index contributed by atoms with van der Waals surface area (Å²) in [5.41, 5.74) is 0.751. The van der Waals surface area contributed by atoms with Crippen LogP contribution in [-0.2, 0) is 4.74 Å². The monoisotopic (exact) mass is 317 g/mol. The Morgan fingerprint density at radius 2 is 2.04 bits per heavy atom. The highest BCUT2D eigenvalue weighted by atomic mass is 19.1. The van der Waals surface area contributed by atoms with Crippen LogP contribution in [0.1, 0.15) is 13.3 Å². The molecule has 7 heteroatoms. The summed E-state index contributed by atoms with van der Waals surface area (Å²) in [5, 5.41) is 14.4. The third-order valence-electron chi connectivity index (χ3n) is 3.85. The van der Waals surface area contributed by atoms with Crippen molar-refractivity contribution in [3.8, 4) is 11.3 Å². The number of nitrogens with one attached hydrogen (secondary N) is 1. The van der Waals surface area contributed by atoms with E-state index in [1.807, 2.05) is 6.92 Å². The van der Waals surface area contributed by atoms with Crippen LogP contribution in [-0.4, -0.2) is 28.7 Å². The third kappa shape index (κ3) is 3.29. The molecule has 0 radical (unpaired) electrons. The van der Waals surface area contributed by atoms with Crippen LogP contribution in [0.2, 0.25) is 0 Å². The summed E-state index contributed by atoms with van der Waals surface area (Å²) in [4.78, 5) is 15.1. The van der Waals surface area contributed by atoms with Crippen molar-refractivity contribution in [2.75, 3.05) is 18.5 Å². The van der Waals surface area contributed by atoms with E-state index in [2.05, 4.69) is 10.3 Å². The van der Waals surface area contributed by atoms with E-state index in [4.69, 9.17) is 4.74 Å². The minimum atomic E-state index is -0.469. The number of rotatable bonds is 4. The number of nitrogens with zero attached hydrogens (tertiary/aromatic N) is 2. The molecule has 1 aliphatic rings. The molecule has 0 saturated carbocycles. The van der Waals surface area contributed by atoms with E-state index in [0.717, 1.165) is 6.42 Å². The lowest BCUT2D eigenvalue weighted by Gasteiger charge is -2.24. The van der Waals surface area contributed by atoms with Crippen LogP contribution in [0.3, 0.4) is 0 Å². The first-order valence-corrected chi connectivity index (χ1v) is 7.24. The van der Waals surface area contributed by atoms with Gasteiger partial charge in [-0.05, 0) is 43.7 Å². The molecule has 2 heterocycles. The summed E-state index contributed by atoms with van der Waals surface area (Å²) in [5.74, 6) is -0.144. The Morgan fingerprint density at radius 1 is 1.30 bits per heavy atom. The molecule has 2 aromatic rings. The van der Waals surface area contributed by atoms with E-state index in [9.17, 15) is 14.5 Å². The Hall–Kier alpha value is -2.54. The lowest BCUT2D eigenvalue weighted by Crippen LogP contribution is -2.35. The number of hydrogen-bond acceptors (Lipinski definition) is 5. The molecule has 0 aliphatic carbocycles. The van der Waals surface area contributed by atoms with Gasteiger partial charge in [0.15, 0.2) is 0 Å². The van der Waals surface area contributed by atoms with E-state index in [0.29, 0.717) is 24.5 Å². The highest BCUT2D eigenvalue weighted by Gasteiger charge is 2.32. The molecule has 1 aliphatic heterocycles. The maximum Gasteiger partial charge on any atom is 0.311 e. The van der Waals surface area contributed by atoms with Crippen LogP contribution in [0, 0.1) is 15.9 Å². The number of benzene rings is 1. The normalized spacial score (nSPS) is 20.4. The second-order valence-electron chi connectivity index (χ2n) is 5.82. The van der Waals surface area contributed by atoms with Gasteiger partial charge in [-0.15, -0.1) is 0 Å². The molecule has 1 fully saturated rings. The summed E-state index contributed by atoms with van der Waals surface area (Å²) >= 11 is 0. The van der Waals surface area contributed by atoms with Crippen molar-refractivity contribution < 1.29 is 14.1 Å². The van der Waals surface area contributed by atoms with E-state index in [1.54, 1.807) is 18.2 Å². The highest BCUT2D eigenvalue weighted by molar-refractivity contribution is 5.67. The number of nitro groups is 1. The number of ether oxygens (including phenoxy) is 1. The molecule has 0 bridgehead atoms. The molecule has 1 saturated heterocycles. The van der Waals surface area contributed by atoms with E-state index < -0.39 is 4.92 Å². The van der Waals surface area contributed by atoms with Crippen molar-refractivity contribution in [3.05, 3.63) is 52.3 Å². The summed E-state index contributed by atoms with van der Waals surface area (Å²) in [6.07, 6.45) is 0.743. The Bertz CT molecular complexity index is 728. The second-order valence-corrected chi connectivity index (χ2v) is 5.82. The van der Waals surface area contributed by atoms with Crippen molar-refractivity contribution in [1.29, 1.82) is 0 Å². The van der Waals surface area contributed by atoms with Crippen LogP contribution in [0.5, 0.6) is 0 Å². The number of anilines is 1. The maximum absolute atomic E-state index is 13.0.